The fourth-order valence-corrected chi connectivity index (χ4v) is 6.06. The lowest BCUT2D eigenvalue weighted by Gasteiger charge is -2.58. The molecule has 0 unspecified atom stereocenters. The first-order valence-electron chi connectivity index (χ1n) is 11.7. The van der Waals surface area contributed by atoms with Crippen LogP contribution < -0.4 is 11.5 Å². The number of hydrogen-bond donors (Lipinski definition) is 2. The summed E-state index contributed by atoms with van der Waals surface area (Å²) in [6.07, 6.45) is 3.66. The first kappa shape index (κ1) is 25.2. The maximum atomic E-state index is 14.0. The molecule has 2 aliphatic carbocycles. The molecule has 1 saturated carbocycles. The highest BCUT2D eigenvalue weighted by molar-refractivity contribution is 6.30. The van der Waals surface area contributed by atoms with Gasteiger partial charge in [0, 0.05) is 28.1 Å². The number of ketones is 1. The van der Waals surface area contributed by atoms with Crippen molar-refractivity contribution in [3.05, 3.63) is 70.8 Å². The van der Waals surface area contributed by atoms with E-state index in [2.05, 4.69) is 0 Å². The number of benzene rings is 1. The number of carbonyl (C=O) groups excluding carboxylic acids is 4. The third-order valence-corrected chi connectivity index (χ3v) is 7.98. The Hall–Kier alpha value is -3.47. The van der Waals surface area contributed by atoms with E-state index in [1.165, 1.54) is 50.0 Å². The Morgan fingerprint density at radius 3 is 2.49 bits per heavy atom. The second-order valence-electron chi connectivity index (χ2n) is 9.73. The largest absolute Gasteiger partial charge is 0.472 e. The van der Waals surface area contributed by atoms with Gasteiger partial charge in [-0.15, -0.1) is 0 Å². The molecular weight excluding hydrogens is 504 g/mol. The number of furan rings is 1. The summed E-state index contributed by atoms with van der Waals surface area (Å²) < 4.78 is 21.2. The van der Waals surface area contributed by atoms with Gasteiger partial charge in [0.25, 0.3) is 0 Å². The molecule has 4 N–H and O–H groups in total. The van der Waals surface area contributed by atoms with E-state index in [-0.39, 0.29) is 30.6 Å². The number of carbonyl (C=O) groups is 4. The average Bonchev–Trinajstić information content (AvgIpc) is 3.40. The Bertz CT molecular complexity index is 1290. The van der Waals surface area contributed by atoms with Crippen molar-refractivity contribution in [1.82, 2.24) is 0 Å². The van der Waals surface area contributed by atoms with Gasteiger partial charge in [0.1, 0.15) is 6.10 Å². The van der Waals surface area contributed by atoms with Crippen LogP contribution in [-0.4, -0.2) is 41.9 Å². The van der Waals surface area contributed by atoms with E-state index >= 15 is 0 Å². The SMILES string of the molecule is COC(=O)[C@@H]1C=C(OC(=O)c2ccc(Cl)cc2)C(=O)[C@H]2[C@@]1(N)CC[C@H]1C(=O)O[C@H](c3ccoc3)C[C@]21N. The van der Waals surface area contributed by atoms with Gasteiger partial charge in [0.05, 0.1) is 43.0 Å². The molecule has 1 saturated heterocycles. The highest BCUT2D eigenvalue weighted by atomic mass is 35.5. The van der Waals surface area contributed by atoms with Crippen LogP contribution in [0.25, 0.3) is 0 Å². The minimum Gasteiger partial charge on any atom is -0.472 e. The number of halogens is 1. The number of allylic oxidation sites excluding steroid dienone is 1. The fraction of sp³-hybridized carbons (Fsp3) is 0.385. The number of Topliss-reactive ketones (excluding diaryl/α,β-unsaturated/α-hetero) is 1. The van der Waals surface area contributed by atoms with Crippen LogP contribution in [0.4, 0.5) is 0 Å². The zero-order chi connectivity index (χ0) is 26.5. The number of hydrogen-bond acceptors (Lipinski definition) is 10. The van der Waals surface area contributed by atoms with Crippen molar-refractivity contribution < 1.29 is 37.8 Å². The number of methoxy groups -OCH3 is 1. The van der Waals surface area contributed by atoms with Crippen LogP contribution in [0.15, 0.2) is 59.1 Å². The molecular formula is C26H25ClN2O8. The van der Waals surface area contributed by atoms with Gasteiger partial charge in [-0.25, -0.2) is 4.79 Å². The van der Waals surface area contributed by atoms with E-state index in [0.29, 0.717) is 10.6 Å². The van der Waals surface area contributed by atoms with Crippen molar-refractivity contribution in [3.63, 3.8) is 0 Å². The number of ether oxygens (including phenoxy) is 3. The van der Waals surface area contributed by atoms with Crippen molar-refractivity contribution in [2.45, 2.75) is 36.4 Å². The van der Waals surface area contributed by atoms with Gasteiger partial charge < -0.3 is 30.1 Å². The van der Waals surface area contributed by atoms with Gasteiger partial charge >= 0.3 is 17.9 Å². The summed E-state index contributed by atoms with van der Waals surface area (Å²) in [5.41, 5.74) is 11.5. The lowest BCUT2D eigenvalue weighted by atomic mass is 9.50. The van der Waals surface area contributed by atoms with Crippen molar-refractivity contribution in [3.8, 4) is 0 Å². The Kier molecular flexibility index (Phi) is 6.21. The molecule has 6 atom stereocenters. The topological polar surface area (TPSA) is 161 Å². The predicted octanol–water partition coefficient (Wildman–Crippen LogP) is 2.46. The second-order valence-corrected chi connectivity index (χ2v) is 10.2. The van der Waals surface area contributed by atoms with Crippen LogP contribution >= 0.6 is 11.6 Å². The van der Waals surface area contributed by atoms with Crippen molar-refractivity contribution in [2.75, 3.05) is 7.11 Å². The molecule has 1 aliphatic heterocycles. The third kappa shape index (κ3) is 4.05. The molecule has 0 amide bonds. The molecule has 10 nitrogen and oxygen atoms in total. The number of rotatable bonds is 4. The Morgan fingerprint density at radius 1 is 1.11 bits per heavy atom. The van der Waals surface area contributed by atoms with E-state index in [0.717, 1.165) is 0 Å². The molecule has 5 rings (SSSR count). The number of fused-ring (bicyclic) bond motifs is 3. The monoisotopic (exact) mass is 528 g/mol. The molecule has 2 aromatic rings. The van der Waals surface area contributed by atoms with Gasteiger partial charge in [0.2, 0.25) is 5.78 Å². The second kappa shape index (κ2) is 9.13. The first-order valence-corrected chi connectivity index (χ1v) is 12.1. The lowest BCUT2D eigenvalue weighted by molar-refractivity contribution is -0.179. The average molecular weight is 529 g/mol. The molecule has 194 valence electrons. The van der Waals surface area contributed by atoms with Crippen molar-refractivity contribution in [1.29, 1.82) is 0 Å². The van der Waals surface area contributed by atoms with Gasteiger partial charge in [-0.2, -0.15) is 0 Å². The van der Waals surface area contributed by atoms with Crippen LogP contribution in [0.3, 0.4) is 0 Å². The molecule has 2 heterocycles. The van der Waals surface area contributed by atoms with E-state index < -0.39 is 58.6 Å². The minimum atomic E-state index is -1.50. The fourth-order valence-electron chi connectivity index (χ4n) is 5.93. The zero-order valence-corrected chi connectivity index (χ0v) is 20.6. The van der Waals surface area contributed by atoms with Crippen LogP contribution in [-0.2, 0) is 28.6 Å². The summed E-state index contributed by atoms with van der Waals surface area (Å²) in [6.45, 7) is 0. The molecule has 11 heteroatoms. The van der Waals surface area contributed by atoms with Crippen molar-refractivity contribution in [2.24, 2.45) is 29.2 Å². The summed E-state index contributed by atoms with van der Waals surface area (Å²) in [5.74, 6) is -6.43. The Morgan fingerprint density at radius 2 is 1.84 bits per heavy atom. The molecule has 0 spiro atoms. The van der Waals surface area contributed by atoms with Crippen LogP contribution in [0.1, 0.15) is 41.3 Å². The van der Waals surface area contributed by atoms with E-state index in [4.69, 9.17) is 41.7 Å². The van der Waals surface area contributed by atoms with E-state index in [9.17, 15) is 19.2 Å². The summed E-state index contributed by atoms with van der Waals surface area (Å²) in [4.78, 5) is 52.8. The van der Waals surface area contributed by atoms with Crippen LogP contribution in [0.5, 0.6) is 0 Å². The lowest BCUT2D eigenvalue weighted by Crippen LogP contribution is -2.76. The molecule has 0 radical (unpaired) electrons. The highest BCUT2D eigenvalue weighted by Crippen LogP contribution is 2.55. The molecule has 37 heavy (non-hydrogen) atoms. The smallest absolute Gasteiger partial charge is 0.343 e. The molecule has 2 fully saturated rings. The molecule has 3 aliphatic rings. The Labute approximate surface area is 216 Å². The maximum absolute atomic E-state index is 14.0. The standard InChI is InChI=1S/C26H25ClN2O8/c1-34-23(32)17-10-18(36-22(31)13-2-4-15(27)5-3-13)20(30)21-25(17,28)8-6-16-24(33)37-19(11-26(16,21)29)14-7-9-35-12-14/h2-5,7,9-10,12,16-17,19,21H,6,8,11,28-29H2,1H3/t16-,17-,19-,21-,25+,26+/m0/s1. The summed E-state index contributed by atoms with van der Waals surface area (Å²) >= 11 is 5.89. The quantitative estimate of drug-likeness (QED) is 0.445. The minimum absolute atomic E-state index is 0.0462. The number of esters is 3. The van der Waals surface area contributed by atoms with Gasteiger partial charge in [0.15, 0.2) is 5.76 Å². The van der Waals surface area contributed by atoms with Crippen LogP contribution in [0.2, 0.25) is 5.02 Å². The summed E-state index contributed by atoms with van der Waals surface area (Å²) in [6, 6.07) is 7.52. The molecule has 1 aromatic heterocycles. The van der Waals surface area contributed by atoms with E-state index in [1.807, 2.05) is 0 Å². The number of cyclic esters (lactones) is 1. The normalized spacial score (nSPS) is 32.9. The number of nitrogens with two attached hydrogens (primary N) is 2. The third-order valence-electron chi connectivity index (χ3n) is 7.73. The van der Waals surface area contributed by atoms with Gasteiger partial charge in [-0.1, -0.05) is 11.6 Å². The van der Waals surface area contributed by atoms with Crippen molar-refractivity contribution >= 4 is 35.3 Å². The predicted molar refractivity (Wildman–Crippen MR) is 128 cm³/mol. The highest BCUT2D eigenvalue weighted by Gasteiger charge is 2.67. The molecule has 1 aromatic carbocycles. The molecule has 0 bridgehead atoms. The van der Waals surface area contributed by atoms with Gasteiger partial charge in [-0.3, -0.25) is 14.4 Å². The zero-order valence-electron chi connectivity index (χ0n) is 19.8. The van der Waals surface area contributed by atoms with Gasteiger partial charge in [-0.05, 0) is 49.2 Å². The Balaban J connectivity index is 1.56. The summed E-state index contributed by atoms with van der Waals surface area (Å²) in [5, 5.41) is 0.415. The first-order chi connectivity index (χ1) is 17.6. The van der Waals surface area contributed by atoms with E-state index in [1.54, 1.807) is 6.07 Å². The maximum Gasteiger partial charge on any atom is 0.343 e. The summed E-state index contributed by atoms with van der Waals surface area (Å²) in [7, 11) is 1.20. The van der Waals surface area contributed by atoms with Crippen LogP contribution in [0, 0.1) is 17.8 Å².